The number of likely N-dealkylation sites (tertiary alicyclic amines) is 1. The van der Waals surface area contributed by atoms with Crippen molar-refractivity contribution < 1.29 is 42.9 Å². The van der Waals surface area contributed by atoms with Gasteiger partial charge in [0.05, 0.1) is 44.2 Å². The van der Waals surface area contributed by atoms with Gasteiger partial charge in [-0.25, -0.2) is 4.79 Å². The molecule has 60 heavy (non-hydrogen) atoms. The number of nitrogens with zero attached hydrogens (tertiary/aromatic N) is 3. The molecular weight excluding hydrogens is 773 g/mol. The predicted octanol–water partition coefficient (Wildman–Crippen LogP) is 3.64. The summed E-state index contributed by atoms with van der Waals surface area (Å²) in [7, 11) is 1.31. The third-order valence-electron chi connectivity index (χ3n) is 12.5. The summed E-state index contributed by atoms with van der Waals surface area (Å²) in [4.78, 5) is 61.7. The Morgan fingerprint density at radius 3 is 2.12 bits per heavy atom. The van der Waals surface area contributed by atoms with E-state index in [9.17, 15) is 19.2 Å². The Hall–Kier alpha value is -5.42. The molecule has 2 aromatic carbocycles. The van der Waals surface area contributed by atoms with Crippen molar-refractivity contribution in [1.82, 2.24) is 31.5 Å². The van der Waals surface area contributed by atoms with E-state index in [0.717, 1.165) is 67.7 Å². The lowest BCUT2D eigenvalue weighted by Crippen LogP contribution is -2.56. The predicted molar refractivity (Wildman–Crippen MR) is 220 cm³/mol. The number of carbonyl (C=O) groups excluding carboxylic acids is 4. The van der Waals surface area contributed by atoms with Gasteiger partial charge in [-0.3, -0.25) is 24.4 Å². The lowest BCUT2D eigenvalue weighted by atomic mass is 9.90. The van der Waals surface area contributed by atoms with Crippen LogP contribution in [0.25, 0.3) is 0 Å². The number of alkyl carbamates (subject to hydrolysis) is 1. The van der Waals surface area contributed by atoms with E-state index in [4.69, 9.17) is 33.7 Å². The molecule has 4 amide bonds. The molecule has 0 saturated carbocycles. The van der Waals surface area contributed by atoms with Crippen molar-refractivity contribution in [2.75, 3.05) is 59.7 Å². The van der Waals surface area contributed by atoms with Crippen LogP contribution in [-0.4, -0.2) is 119 Å². The summed E-state index contributed by atoms with van der Waals surface area (Å²) in [5.41, 5.74) is 2.04. The Bertz CT molecular complexity index is 1950. The number of methoxy groups -OCH3 is 1. The maximum absolute atomic E-state index is 14.0. The fourth-order valence-corrected chi connectivity index (χ4v) is 9.13. The van der Waals surface area contributed by atoms with E-state index in [2.05, 4.69) is 26.6 Å². The van der Waals surface area contributed by atoms with Gasteiger partial charge < -0.3 is 55.2 Å². The average Bonchev–Trinajstić information content (AvgIpc) is 4.09. The van der Waals surface area contributed by atoms with Crippen molar-refractivity contribution in [2.45, 2.75) is 88.0 Å². The van der Waals surface area contributed by atoms with E-state index >= 15 is 0 Å². The number of benzene rings is 2. The first-order chi connectivity index (χ1) is 29.4. The van der Waals surface area contributed by atoms with Crippen LogP contribution in [0.3, 0.4) is 0 Å². The number of fused-ring (bicyclic) bond motifs is 2. The van der Waals surface area contributed by atoms with Crippen molar-refractivity contribution in [3.63, 3.8) is 0 Å². The van der Waals surface area contributed by atoms with E-state index in [1.54, 1.807) is 0 Å². The maximum atomic E-state index is 14.0. The number of ether oxygens (including phenoxy) is 5. The first-order valence-electron chi connectivity index (χ1n) is 21.4. The molecule has 3 saturated heterocycles. The Morgan fingerprint density at radius 2 is 1.47 bits per heavy atom. The third kappa shape index (κ3) is 9.46. The Kier molecular flexibility index (Phi) is 13.3. The van der Waals surface area contributed by atoms with Crippen molar-refractivity contribution in [3.8, 4) is 23.0 Å². The van der Waals surface area contributed by atoms with Crippen LogP contribution in [0.2, 0.25) is 0 Å². The molecule has 5 atom stereocenters. The van der Waals surface area contributed by atoms with Gasteiger partial charge in [0.1, 0.15) is 17.9 Å². The van der Waals surface area contributed by atoms with Crippen LogP contribution < -0.4 is 36.1 Å². The average molecular weight is 829 g/mol. The summed E-state index contributed by atoms with van der Waals surface area (Å²) < 4.78 is 28.5. The smallest absolute Gasteiger partial charge is 0.407 e. The Balaban J connectivity index is 0.807. The molecule has 0 aliphatic carbocycles. The topological polar surface area (TPSA) is 203 Å². The molecule has 3 fully saturated rings. The van der Waals surface area contributed by atoms with Crippen LogP contribution in [0.15, 0.2) is 46.4 Å². The number of unbranched alkanes of at least 4 members (excludes halogenated alkanes) is 1. The number of rotatable bonds is 15. The van der Waals surface area contributed by atoms with E-state index in [1.165, 1.54) is 7.11 Å². The van der Waals surface area contributed by atoms with Gasteiger partial charge in [-0.2, -0.15) is 0 Å². The van der Waals surface area contributed by atoms with Crippen LogP contribution in [-0.2, 0) is 28.6 Å². The van der Waals surface area contributed by atoms with Crippen molar-refractivity contribution >= 4 is 36.0 Å². The van der Waals surface area contributed by atoms with Crippen LogP contribution in [0.4, 0.5) is 4.79 Å². The summed E-state index contributed by atoms with van der Waals surface area (Å²) in [5.74, 6) is 4.03. The van der Waals surface area contributed by atoms with E-state index < -0.39 is 18.2 Å². The number of aliphatic imine (C=N–C) groups is 2. The SMILES string of the molecule is COC(=O)N[C@H](C(=O)N1CCC[C@H]1C1=NCC(c2ccc3c(c2)Oc2ccc(C4CN=C(CCCCNC(=O)[C@@H](NC=O)C5CCOCC5)N4)cc2O3)N1)C1CCOCC1. The molecule has 2 aromatic rings. The van der Waals surface area contributed by atoms with Crippen molar-refractivity contribution in [2.24, 2.45) is 21.8 Å². The second-order valence-electron chi connectivity index (χ2n) is 16.2. The van der Waals surface area contributed by atoms with E-state index in [1.807, 2.05) is 41.3 Å². The minimum Gasteiger partial charge on any atom is -0.453 e. The number of amidine groups is 2. The number of carbonyl (C=O) groups is 4. The maximum Gasteiger partial charge on any atom is 0.407 e. The Labute approximate surface area is 349 Å². The normalized spacial score (nSPS) is 23.6. The van der Waals surface area contributed by atoms with Crippen LogP contribution in [0, 0.1) is 11.8 Å². The van der Waals surface area contributed by atoms with E-state index in [-0.39, 0.29) is 41.8 Å². The minimum atomic E-state index is -0.684. The van der Waals surface area contributed by atoms with Gasteiger partial charge in [0.15, 0.2) is 23.0 Å². The zero-order valence-electron chi connectivity index (χ0n) is 34.1. The summed E-state index contributed by atoms with van der Waals surface area (Å²) in [6, 6.07) is 10.4. The lowest BCUT2D eigenvalue weighted by Gasteiger charge is -2.34. The van der Waals surface area contributed by atoms with Gasteiger partial charge in [0.2, 0.25) is 18.2 Å². The monoisotopic (exact) mass is 828 g/mol. The summed E-state index contributed by atoms with van der Waals surface area (Å²) in [5, 5.41) is 15.6. The zero-order chi connectivity index (χ0) is 41.4. The fourth-order valence-electron chi connectivity index (χ4n) is 9.13. The highest BCUT2D eigenvalue weighted by Crippen LogP contribution is 2.47. The molecule has 5 N–H and O–H groups in total. The summed E-state index contributed by atoms with van der Waals surface area (Å²) >= 11 is 0. The largest absolute Gasteiger partial charge is 0.453 e. The first-order valence-corrected chi connectivity index (χ1v) is 21.4. The quantitative estimate of drug-likeness (QED) is 0.111. The van der Waals surface area contributed by atoms with Gasteiger partial charge in [-0.15, -0.1) is 0 Å². The van der Waals surface area contributed by atoms with E-state index in [0.29, 0.717) is 94.9 Å². The minimum absolute atomic E-state index is 0.0117. The third-order valence-corrected chi connectivity index (χ3v) is 12.5. The Morgan fingerprint density at radius 1 is 0.833 bits per heavy atom. The molecule has 17 nitrogen and oxygen atoms in total. The number of hydrogen-bond acceptors (Lipinski definition) is 13. The number of amides is 4. The molecule has 0 spiro atoms. The first kappa shape index (κ1) is 41.3. The standard InChI is InChI=1S/C43H56N8O9/c1-56-43(55)50-39(27-13-19-58-20-14-27)42(54)51-16-4-5-32(51)40-46-24-31(49-40)29-8-10-34-36(22-29)60-33-9-7-28(21-35(33)59-34)30-23-45-37(48-30)6-2-3-15-44-41(53)38(47-25-52)26-11-17-57-18-12-26/h7-10,21-22,25-27,30-32,38-39H,2-6,11-20,23-24H2,1H3,(H,44,53)(H,45,48)(H,46,49)(H,47,52)(H,50,55)/t30?,31?,32-,38-,39-/m0/s1. The molecule has 0 radical (unpaired) electrons. The van der Waals surface area contributed by atoms with Crippen LogP contribution >= 0.6 is 0 Å². The second kappa shape index (κ2) is 19.3. The summed E-state index contributed by atoms with van der Waals surface area (Å²) in [6.45, 7) is 4.59. The van der Waals surface area contributed by atoms with Gasteiger partial charge in [-0.1, -0.05) is 12.1 Å². The van der Waals surface area contributed by atoms with Gasteiger partial charge >= 0.3 is 6.09 Å². The molecule has 6 heterocycles. The molecular formula is C43H56N8O9. The molecule has 17 heteroatoms. The lowest BCUT2D eigenvalue weighted by molar-refractivity contribution is -0.135. The van der Waals surface area contributed by atoms with Crippen molar-refractivity contribution in [3.05, 3.63) is 47.5 Å². The highest BCUT2D eigenvalue weighted by molar-refractivity contribution is 5.95. The van der Waals surface area contributed by atoms with Gasteiger partial charge in [-0.05, 0) is 98.6 Å². The molecule has 8 rings (SSSR count). The second-order valence-corrected chi connectivity index (χ2v) is 16.2. The van der Waals surface area contributed by atoms with Crippen LogP contribution in [0.5, 0.6) is 23.0 Å². The highest BCUT2D eigenvalue weighted by atomic mass is 16.6. The summed E-state index contributed by atoms with van der Waals surface area (Å²) in [6.07, 6.45) is 6.95. The molecule has 2 unspecified atom stereocenters. The fraction of sp³-hybridized carbons (Fsp3) is 0.581. The molecule has 6 aliphatic heterocycles. The van der Waals surface area contributed by atoms with Gasteiger partial charge in [0, 0.05) is 45.9 Å². The number of hydrogen-bond donors (Lipinski definition) is 5. The molecule has 0 bridgehead atoms. The van der Waals surface area contributed by atoms with Crippen molar-refractivity contribution in [1.29, 1.82) is 0 Å². The molecule has 322 valence electrons. The highest BCUT2D eigenvalue weighted by Gasteiger charge is 2.42. The van der Waals surface area contributed by atoms with Gasteiger partial charge in [0.25, 0.3) is 0 Å². The number of nitrogens with one attached hydrogen (secondary N) is 5. The molecule has 0 aromatic heterocycles. The zero-order valence-corrected chi connectivity index (χ0v) is 34.1. The van der Waals surface area contributed by atoms with Crippen LogP contribution in [0.1, 0.15) is 81.0 Å². The molecule has 6 aliphatic rings.